The predicted octanol–water partition coefficient (Wildman–Crippen LogP) is 3.27. The number of hydrogen-bond donors (Lipinski definition) is 0. The number of amides is 3. The van der Waals surface area contributed by atoms with Gasteiger partial charge < -0.3 is 14.2 Å². The quantitative estimate of drug-likeness (QED) is 0.558. The van der Waals surface area contributed by atoms with Crippen LogP contribution in [0.25, 0.3) is 0 Å². The zero-order chi connectivity index (χ0) is 21.9. The van der Waals surface area contributed by atoms with Gasteiger partial charge in [-0.2, -0.15) is 0 Å². The molecule has 162 valence electrons. The summed E-state index contributed by atoms with van der Waals surface area (Å²) in [5, 5.41) is 0. The molecular formula is C24H21N3O5. The van der Waals surface area contributed by atoms with Gasteiger partial charge in [0.15, 0.2) is 17.6 Å². The van der Waals surface area contributed by atoms with Crippen LogP contribution in [0.4, 0.5) is 10.6 Å². The van der Waals surface area contributed by atoms with E-state index in [0.29, 0.717) is 29.7 Å². The molecule has 1 unspecified atom stereocenters. The lowest BCUT2D eigenvalue weighted by molar-refractivity contribution is -0.126. The Morgan fingerprint density at radius 1 is 1.00 bits per heavy atom. The van der Waals surface area contributed by atoms with Crippen LogP contribution in [0.1, 0.15) is 5.56 Å². The highest BCUT2D eigenvalue weighted by Crippen LogP contribution is 2.35. The number of anilines is 1. The summed E-state index contributed by atoms with van der Waals surface area (Å²) in [5.74, 6) is 1.91. The molecular weight excluding hydrogens is 410 g/mol. The SMILES string of the molecule is O=C1CN(c2ccccn2)C(=O)N1CC1COc2ccc(OCc3ccccc3)cc2O1. The average molecular weight is 431 g/mol. The molecule has 0 aliphatic carbocycles. The van der Waals surface area contributed by atoms with E-state index in [0.717, 1.165) is 5.56 Å². The molecule has 3 aromatic rings. The maximum Gasteiger partial charge on any atom is 0.333 e. The highest BCUT2D eigenvalue weighted by Gasteiger charge is 2.39. The van der Waals surface area contributed by atoms with Crippen molar-refractivity contribution < 1.29 is 23.8 Å². The molecule has 1 aromatic heterocycles. The Morgan fingerprint density at radius 3 is 2.66 bits per heavy atom. The van der Waals surface area contributed by atoms with E-state index in [4.69, 9.17) is 14.2 Å². The number of imide groups is 1. The number of pyridine rings is 1. The van der Waals surface area contributed by atoms with Gasteiger partial charge in [-0.3, -0.25) is 14.6 Å². The highest BCUT2D eigenvalue weighted by atomic mass is 16.6. The molecule has 2 aromatic carbocycles. The van der Waals surface area contributed by atoms with Crippen LogP contribution in [0, 0.1) is 0 Å². The minimum Gasteiger partial charge on any atom is -0.489 e. The summed E-state index contributed by atoms with van der Waals surface area (Å²) >= 11 is 0. The molecule has 1 atom stereocenters. The molecule has 0 radical (unpaired) electrons. The first-order valence-electron chi connectivity index (χ1n) is 10.3. The first-order valence-corrected chi connectivity index (χ1v) is 10.3. The molecule has 5 rings (SSSR count). The van der Waals surface area contributed by atoms with Gasteiger partial charge in [0.1, 0.15) is 31.3 Å². The zero-order valence-electron chi connectivity index (χ0n) is 17.2. The van der Waals surface area contributed by atoms with Crippen LogP contribution in [0.2, 0.25) is 0 Å². The summed E-state index contributed by atoms with van der Waals surface area (Å²) in [6.45, 7) is 0.717. The molecule has 1 fully saturated rings. The summed E-state index contributed by atoms with van der Waals surface area (Å²) < 4.78 is 17.7. The van der Waals surface area contributed by atoms with Gasteiger partial charge in [-0.15, -0.1) is 0 Å². The normalized spacial score (nSPS) is 17.6. The van der Waals surface area contributed by atoms with Gasteiger partial charge in [0.25, 0.3) is 5.91 Å². The van der Waals surface area contributed by atoms with Crippen molar-refractivity contribution in [1.82, 2.24) is 9.88 Å². The molecule has 0 N–H and O–H groups in total. The van der Waals surface area contributed by atoms with E-state index < -0.39 is 12.1 Å². The Morgan fingerprint density at radius 2 is 1.84 bits per heavy atom. The van der Waals surface area contributed by atoms with Gasteiger partial charge in [0.05, 0.1) is 6.54 Å². The second kappa shape index (κ2) is 8.58. The van der Waals surface area contributed by atoms with Crippen LogP contribution in [0.3, 0.4) is 0 Å². The molecule has 1 saturated heterocycles. The van der Waals surface area contributed by atoms with Gasteiger partial charge in [0, 0.05) is 12.3 Å². The van der Waals surface area contributed by atoms with Crippen molar-refractivity contribution in [1.29, 1.82) is 0 Å². The second-order valence-corrected chi connectivity index (χ2v) is 7.49. The van der Waals surface area contributed by atoms with Crippen LogP contribution in [0.5, 0.6) is 17.2 Å². The topological polar surface area (TPSA) is 81.2 Å². The summed E-state index contributed by atoms with van der Waals surface area (Å²) in [6, 6.07) is 20.1. The molecule has 0 bridgehead atoms. The van der Waals surface area contributed by atoms with E-state index in [9.17, 15) is 9.59 Å². The second-order valence-electron chi connectivity index (χ2n) is 7.49. The Hall–Kier alpha value is -4.07. The lowest BCUT2D eigenvalue weighted by atomic mass is 10.2. The number of hydrogen-bond acceptors (Lipinski definition) is 6. The van der Waals surface area contributed by atoms with Crippen LogP contribution >= 0.6 is 0 Å². The predicted molar refractivity (Wildman–Crippen MR) is 116 cm³/mol. The van der Waals surface area contributed by atoms with Crippen molar-refractivity contribution >= 4 is 17.8 Å². The van der Waals surface area contributed by atoms with E-state index in [1.807, 2.05) is 36.4 Å². The van der Waals surface area contributed by atoms with Crippen LogP contribution in [0.15, 0.2) is 72.9 Å². The van der Waals surface area contributed by atoms with Crippen molar-refractivity contribution in [3.63, 3.8) is 0 Å². The third-order valence-electron chi connectivity index (χ3n) is 5.25. The Bertz CT molecular complexity index is 1120. The molecule has 32 heavy (non-hydrogen) atoms. The number of rotatable bonds is 6. The average Bonchev–Trinajstić information content (AvgIpc) is 3.12. The fraction of sp³-hybridized carbons (Fsp3) is 0.208. The smallest absolute Gasteiger partial charge is 0.333 e. The summed E-state index contributed by atoms with van der Waals surface area (Å²) in [5.41, 5.74) is 1.06. The van der Waals surface area contributed by atoms with E-state index in [2.05, 4.69) is 4.98 Å². The summed E-state index contributed by atoms with van der Waals surface area (Å²) in [7, 11) is 0. The molecule has 3 amide bonds. The third-order valence-corrected chi connectivity index (χ3v) is 5.25. The number of urea groups is 1. The number of nitrogens with zero attached hydrogens (tertiary/aromatic N) is 3. The van der Waals surface area contributed by atoms with E-state index in [1.165, 1.54) is 9.80 Å². The summed E-state index contributed by atoms with van der Waals surface area (Å²) in [6.07, 6.45) is 1.10. The van der Waals surface area contributed by atoms with Crippen LogP contribution < -0.4 is 19.1 Å². The van der Waals surface area contributed by atoms with E-state index >= 15 is 0 Å². The standard InChI is InChI=1S/C24H21N3O5/c28-23-14-26(22-8-4-5-11-25-22)24(29)27(23)13-19-16-31-20-10-9-18(12-21(20)32-19)30-15-17-6-2-1-3-7-17/h1-12,19H,13-16H2. The van der Waals surface area contributed by atoms with Crippen molar-refractivity contribution in [2.24, 2.45) is 0 Å². The maximum absolute atomic E-state index is 12.8. The number of carbonyl (C=O) groups excluding carboxylic acids is 2. The highest BCUT2D eigenvalue weighted by molar-refractivity contribution is 6.11. The molecule has 3 heterocycles. The first-order chi connectivity index (χ1) is 15.7. The Kier molecular flexibility index (Phi) is 5.33. The maximum atomic E-state index is 12.8. The van der Waals surface area contributed by atoms with Gasteiger partial charge in [-0.05, 0) is 29.8 Å². The molecule has 0 spiro atoms. The lowest BCUT2D eigenvalue weighted by Crippen LogP contribution is -2.44. The van der Waals surface area contributed by atoms with Crippen molar-refractivity contribution in [2.75, 3.05) is 24.6 Å². The zero-order valence-corrected chi connectivity index (χ0v) is 17.2. The monoisotopic (exact) mass is 431 g/mol. The summed E-state index contributed by atoms with van der Waals surface area (Å²) in [4.78, 5) is 32.0. The minimum atomic E-state index is -0.483. The number of ether oxygens (including phenoxy) is 3. The minimum absolute atomic E-state index is 0.0442. The number of aromatic nitrogens is 1. The molecule has 2 aliphatic rings. The van der Waals surface area contributed by atoms with Crippen LogP contribution in [-0.2, 0) is 11.4 Å². The number of benzene rings is 2. The molecule has 8 heteroatoms. The van der Waals surface area contributed by atoms with Gasteiger partial charge in [-0.25, -0.2) is 9.78 Å². The Balaban J connectivity index is 1.24. The van der Waals surface area contributed by atoms with E-state index in [1.54, 1.807) is 36.5 Å². The van der Waals surface area contributed by atoms with E-state index in [-0.39, 0.29) is 25.6 Å². The fourth-order valence-corrected chi connectivity index (χ4v) is 3.63. The fourth-order valence-electron chi connectivity index (χ4n) is 3.63. The molecule has 0 saturated carbocycles. The van der Waals surface area contributed by atoms with Crippen molar-refractivity contribution in [3.05, 3.63) is 78.5 Å². The first kappa shape index (κ1) is 19.9. The van der Waals surface area contributed by atoms with Crippen molar-refractivity contribution in [3.8, 4) is 17.2 Å². The number of fused-ring (bicyclic) bond motifs is 1. The largest absolute Gasteiger partial charge is 0.489 e. The van der Waals surface area contributed by atoms with Gasteiger partial charge in [-0.1, -0.05) is 36.4 Å². The Labute approximate surface area is 184 Å². The molecule has 2 aliphatic heterocycles. The van der Waals surface area contributed by atoms with Crippen LogP contribution in [-0.4, -0.2) is 47.6 Å². The third kappa shape index (κ3) is 4.07. The number of carbonyl (C=O) groups is 2. The van der Waals surface area contributed by atoms with Crippen molar-refractivity contribution in [2.45, 2.75) is 12.7 Å². The van der Waals surface area contributed by atoms with Gasteiger partial charge >= 0.3 is 6.03 Å². The molecule has 8 nitrogen and oxygen atoms in total. The van der Waals surface area contributed by atoms with Gasteiger partial charge in [0.2, 0.25) is 0 Å². The lowest BCUT2D eigenvalue weighted by Gasteiger charge is -2.29.